The molecule has 1 rings (SSSR count). The van der Waals surface area contributed by atoms with Gasteiger partial charge in [-0.25, -0.2) is 0 Å². The van der Waals surface area contributed by atoms with E-state index >= 15 is 0 Å². The zero-order chi connectivity index (χ0) is 15.9. The van der Waals surface area contributed by atoms with Gasteiger partial charge in [0, 0.05) is 23.9 Å². The number of carbonyl (C=O) groups excluding carboxylic acids is 1. The van der Waals surface area contributed by atoms with Crippen LogP contribution in [0.25, 0.3) is 0 Å². The maximum atomic E-state index is 12.1. The molecule has 1 amide bonds. The van der Waals surface area contributed by atoms with Gasteiger partial charge in [0.1, 0.15) is 6.61 Å². The molecule has 0 saturated carbocycles. The molecule has 0 radical (unpaired) electrons. The Morgan fingerprint density at radius 1 is 1.29 bits per heavy atom. The maximum Gasteiger partial charge on any atom is 0.232 e. The summed E-state index contributed by atoms with van der Waals surface area (Å²) in [5, 5.41) is 8.65. The fourth-order valence-electron chi connectivity index (χ4n) is 1.59. The number of carbonyl (C=O) groups is 1. The third kappa shape index (κ3) is 7.22. The summed E-state index contributed by atoms with van der Waals surface area (Å²) in [6.07, 6.45) is 0. The van der Waals surface area contributed by atoms with Crippen LogP contribution in [0.15, 0.2) is 24.3 Å². The van der Waals surface area contributed by atoms with E-state index in [2.05, 4.69) is 32.6 Å². The van der Waals surface area contributed by atoms with Crippen LogP contribution in [-0.4, -0.2) is 40.1 Å². The van der Waals surface area contributed by atoms with Crippen molar-refractivity contribution in [3.05, 3.63) is 35.4 Å². The highest BCUT2D eigenvalue weighted by atomic mass is 32.2. The van der Waals surface area contributed by atoms with Crippen LogP contribution >= 0.6 is 11.8 Å². The van der Waals surface area contributed by atoms with E-state index in [0.717, 1.165) is 11.1 Å². The van der Waals surface area contributed by atoms with Gasteiger partial charge in [-0.05, 0) is 17.7 Å². The molecule has 0 aliphatic heterocycles. The van der Waals surface area contributed by atoms with E-state index in [1.165, 1.54) is 0 Å². The third-order valence-electron chi connectivity index (χ3n) is 2.74. The van der Waals surface area contributed by atoms with E-state index in [1.54, 1.807) is 16.7 Å². The van der Waals surface area contributed by atoms with Gasteiger partial charge in [0.15, 0.2) is 0 Å². The Morgan fingerprint density at radius 2 is 1.90 bits per heavy atom. The summed E-state index contributed by atoms with van der Waals surface area (Å²) in [7, 11) is 1.82. The number of benzene rings is 1. The second-order valence-corrected chi connectivity index (χ2v) is 7.61. The molecule has 0 spiro atoms. The summed E-state index contributed by atoms with van der Waals surface area (Å²) in [5.41, 5.74) is 1.94. The lowest BCUT2D eigenvalue weighted by Gasteiger charge is -2.21. The summed E-state index contributed by atoms with van der Waals surface area (Å²) in [4.78, 5) is 13.8. The molecule has 21 heavy (non-hydrogen) atoms. The van der Waals surface area contributed by atoms with Crippen molar-refractivity contribution in [2.75, 3.05) is 19.4 Å². The van der Waals surface area contributed by atoms with Crippen LogP contribution in [0.3, 0.4) is 0 Å². The van der Waals surface area contributed by atoms with Crippen LogP contribution < -0.4 is 0 Å². The van der Waals surface area contributed by atoms with Crippen LogP contribution in [0.2, 0.25) is 0 Å². The molecule has 0 saturated heterocycles. The molecule has 0 aliphatic carbocycles. The minimum atomic E-state index is -0.134. The predicted molar refractivity (Wildman–Crippen MR) is 89.1 cm³/mol. The highest BCUT2D eigenvalue weighted by Crippen LogP contribution is 2.23. The second-order valence-electron chi connectivity index (χ2n) is 5.81. The SMILES string of the molecule is CN(Cc1ccc(C#CCO)cc1)C(=O)CSC(C)(C)C. The number of aliphatic hydroxyl groups is 1. The average Bonchev–Trinajstić information content (AvgIpc) is 2.43. The number of hydrogen-bond acceptors (Lipinski definition) is 3. The first kappa shape index (κ1) is 17.6. The number of nitrogens with zero attached hydrogens (tertiary/aromatic N) is 1. The fourth-order valence-corrected chi connectivity index (χ4v) is 2.36. The number of amides is 1. The van der Waals surface area contributed by atoms with Gasteiger partial charge in [0.2, 0.25) is 5.91 Å². The van der Waals surface area contributed by atoms with E-state index in [-0.39, 0.29) is 17.3 Å². The van der Waals surface area contributed by atoms with E-state index in [1.807, 2.05) is 31.3 Å². The lowest BCUT2D eigenvalue weighted by Crippen LogP contribution is -2.29. The van der Waals surface area contributed by atoms with Crippen molar-refractivity contribution in [2.24, 2.45) is 0 Å². The Morgan fingerprint density at radius 3 is 2.43 bits per heavy atom. The van der Waals surface area contributed by atoms with Gasteiger partial charge in [-0.15, -0.1) is 11.8 Å². The second kappa shape index (κ2) is 8.11. The molecule has 1 N–H and O–H groups in total. The standard InChI is InChI=1S/C17H23NO2S/c1-17(2,3)21-13-16(20)18(4)12-15-9-7-14(8-10-15)6-5-11-19/h7-10,19H,11-13H2,1-4H3. The van der Waals surface area contributed by atoms with E-state index in [9.17, 15) is 4.79 Å². The van der Waals surface area contributed by atoms with Crippen molar-refractivity contribution in [1.82, 2.24) is 4.90 Å². The summed E-state index contributed by atoms with van der Waals surface area (Å²) in [6, 6.07) is 7.73. The highest BCUT2D eigenvalue weighted by molar-refractivity contribution is 8.01. The molecule has 0 bridgehead atoms. The molecule has 1 aromatic carbocycles. The molecule has 0 atom stereocenters. The lowest BCUT2D eigenvalue weighted by molar-refractivity contribution is -0.127. The Balaban J connectivity index is 2.54. The summed E-state index contributed by atoms with van der Waals surface area (Å²) >= 11 is 1.66. The fraction of sp³-hybridized carbons (Fsp3) is 0.471. The summed E-state index contributed by atoms with van der Waals surface area (Å²) < 4.78 is 0.101. The van der Waals surface area contributed by atoms with Crippen LogP contribution in [-0.2, 0) is 11.3 Å². The molecular formula is C17H23NO2S. The molecule has 1 aromatic rings. The van der Waals surface area contributed by atoms with E-state index in [0.29, 0.717) is 12.3 Å². The zero-order valence-electron chi connectivity index (χ0n) is 13.1. The van der Waals surface area contributed by atoms with Crippen LogP contribution in [0, 0.1) is 11.8 Å². The van der Waals surface area contributed by atoms with Crippen LogP contribution in [0.5, 0.6) is 0 Å². The molecule has 0 aromatic heterocycles. The maximum absolute atomic E-state index is 12.1. The Bertz CT molecular complexity index is 520. The third-order valence-corrected chi connectivity index (χ3v) is 4.00. The largest absolute Gasteiger partial charge is 0.384 e. The normalized spacial score (nSPS) is 10.7. The average molecular weight is 305 g/mol. The van der Waals surface area contributed by atoms with Crippen molar-refractivity contribution in [2.45, 2.75) is 32.1 Å². The van der Waals surface area contributed by atoms with Gasteiger partial charge < -0.3 is 10.0 Å². The van der Waals surface area contributed by atoms with Gasteiger partial charge in [-0.3, -0.25) is 4.79 Å². The first-order valence-electron chi connectivity index (χ1n) is 6.88. The first-order valence-corrected chi connectivity index (χ1v) is 7.87. The van der Waals surface area contributed by atoms with Crippen LogP contribution in [0.4, 0.5) is 0 Å². The summed E-state index contributed by atoms with van der Waals surface area (Å²) in [6.45, 7) is 6.78. The minimum Gasteiger partial charge on any atom is -0.384 e. The summed E-state index contributed by atoms with van der Waals surface area (Å²) in [5.74, 6) is 6.10. The van der Waals surface area contributed by atoms with Gasteiger partial charge in [-0.1, -0.05) is 44.7 Å². The van der Waals surface area contributed by atoms with Crippen molar-refractivity contribution in [1.29, 1.82) is 0 Å². The Kier molecular flexibility index (Phi) is 6.80. The molecule has 4 heteroatoms. The quantitative estimate of drug-likeness (QED) is 0.869. The smallest absolute Gasteiger partial charge is 0.232 e. The number of aliphatic hydroxyl groups excluding tert-OH is 1. The van der Waals surface area contributed by atoms with E-state index < -0.39 is 0 Å². The lowest BCUT2D eigenvalue weighted by atomic mass is 10.1. The molecule has 0 fully saturated rings. The Hall–Kier alpha value is -1.44. The molecular weight excluding hydrogens is 282 g/mol. The first-order chi connectivity index (χ1) is 9.81. The van der Waals surface area contributed by atoms with E-state index in [4.69, 9.17) is 5.11 Å². The van der Waals surface area contributed by atoms with Crippen molar-refractivity contribution in [3.8, 4) is 11.8 Å². The topological polar surface area (TPSA) is 40.5 Å². The number of thioether (sulfide) groups is 1. The van der Waals surface area contributed by atoms with Crippen LogP contribution in [0.1, 0.15) is 31.9 Å². The minimum absolute atomic E-state index is 0.101. The monoisotopic (exact) mass is 305 g/mol. The van der Waals surface area contributed by atoms with Gasteiger partial charge in [0.25, 0.3) is 0 Å². The predicted octanol–water partition coefficient (Wildman–Crippen LogP) is 2.52. The number of hydrogen-bond donors (Lipinski definition) is 1. The molecule has 0 heterocycles. The molecule has 0 aliphatic rings. The van der Waals surface area contributed by atoms with Gasteiger partial charge >= 0.3 is 0 Å². The molecule has 114 valence electrons. The zero-order valence-corrected chi connectivity index (χ0v) is 14.0. The van der Waals surface area contributed by atoms with Crippen molar-refractivity contribution < 1.29 is 9.90 Å². The Labute approximate surface area is 131 Å². The molecule has 3 nitrogen and oxygen atoms in total. The van der Waals surface area contributed by atoms with Gasteiger partial charge in [0.05, 0.1) is 5.75 Å². The van der Waals surface area contributed by atoms with Crippen molar-refractivity contribution >= 4 is 17.7 Å². The molecule has 0 unspecified atom stereocenters. The van der Waals surface area contributed by atoms with Crippen molar-refractivity contribution in [3.63, 3.8) is 0 Å². The number of rotatable bonds is 4. The van der Waals surface area contributed by atoms with Gasteiger partial charge in [-0.2, -0.15) is 0 Å². The highest BCUT2D eigenvalue weighted by Gasteiger charge is 2.16.